The molecule has 0 fully saturated rings. The van der Waals surface area contributed by atoms with Crippen molar-refractivity contribution in [2.24, 2.45) is 10.9 Å². The molecule has 2 aromatic heterocycles. The molecule has 0 aliphatic rings. The average molecular weight is 476 g/mol. The van der Waals surface area contributed by atoms with E-state index < -0.39 is 0 Å². The number of nitrogens with zero attached hydrogens (tertiary/aromatic N) is 3. The Hall–Kier alpha value is -1.09. The Morgan fingerprint density at radius 3 is 2.80 bits per heavy atom. The van der Waals surface area contributed by atoms with Crippen molar-refractivity contribution in [3.05, 3.63) is 40.2 Å². The Labute approximate surface area is 172 Å². The van der Waals surface area contributed by atoms with Crippen LogP contribution in [0.15, 0.2) is 34.0 Å². The highest BCUT2D eigenvalue weighted by Gasteiger charge is 2.09. The molecule has 0 bridgehead atoms. The third-order valence-electron chi connectivity index (χ3n) is 3.53. The van der Waals surface area contributed by atoms with Crippen molar-refractivity contribution in [2.45, 2.75) is 33.6 Å². The summed E-state index contributed by atoms with van der Waals surface area (Å²) in [5.74, 6) is 2.48. The molecule has 7 heteroatoms. The molecule has 2 heterocycles. The molecule has 1 N–H and O–H groups in total. The van der Waals surface area contributed by atoms with Crippen LogP contribution >= 0.6 is 35.3 Å². The number of rotatable bonds is 8. The maximum atomic E-state index is 5.38. The zero-order chi connectivity index (χ0) is 17.4. The first-order valence-corrected chi connectivity index (χ1v) is 9.29. The fourth-order valence-corrected chi connectivity index (χ4v) is 3.00. The van der Waals surface area contributed by atoms with Gasteiger partial charge in [-0.05, 0) is 25.0 Å². The van der Waals surface area contributed by atoms with E-state index in [0.717, 1.165) is 44.2 Å². The van der Waals surface area contributed by atoms with Gasteiger partial charge in [0.15, 0.2) is 5.96 Å². The van der Waals surface area contributed by atoms with E-state index in [-0.39, 0.29) is 24.0 Å². The SMILES string of the molecule is Cc1cnc(CCN(C)C(=NCC(C)C)NCCc2ccco2)s1.I. The van der Waals surface area contributed by atoms with Crippen LogP contribution in [0.2, 0.25) is 0 Å². The predicted molar refractivity (Wildman–Crippen MR) is 116 cm³/mol. The van der Waals surface area contributed by atoms with Gasteiger partial charge in [-0.2, -0.15) is 0 Å². The molecular formula is C18H29IN4OS. The van der Waals surface area contributed by atoms with Crippen LogP contribution in [-0.4, -0.2) is 42.5 Å². The number of likely N-dealkylation sites (N-methyl/N-ethyl adjacent to an activating group) is 1. The van der Waals surface area contributed by atoms with Gasteiger partial charge in [-0.1, -0.05) is 13.8 Å². The molecule has 140 valence electrons. The summed E-state index contributed by atoms with van der Waals surface area (Å²) < 4.78 is 5.38. The summed E-state index contributed by atoms with van der Waals surface area (Å²) in [5.41, 5.74) is 0. The first kappa shape index (κ1) is 22.0. The van der Waals surface area contributed by atoms with Crippen LogP contribution in [0.3, 0.4) is 0 Å². The number of nitrogens with one attached hydrogen (secondary N) is 1. The lowest BCUT2D eigenvalue weighted by atomic mass is 10.2. The summed E-state index contributed by atoms with van der Waals surface area (Å²) in [7, 11) is 2.08. The first-order valence-electron chi connectivity index (χ1n) is 8.47. The van der Waals surface area contributed by atoms with Gasteiger partial charge in [0.05, 0.1) is 11.3 Å². The lowest BCUT2D eigenvalue weighted by Crippen LogP contribution is -2.41. The molecule has 0 spiro atoms. The number of aryl methyl sites for hydroxylation is 1. The van der Waals surface area contributed by atoms with Crippen LogP contribution in [0.1, 0.15) is 29.5 Å². The second-order valence-corrected chi connectivity index (χ2v) is 7.67. The van der Waals surface area contributed by atoms with Crippen LogP contribution in [0.4, 0.5) is 0 Å². The topological polar surface area (TPSA) is 53.7 Å². The predicted octanol–water partition coefficient (Wildman–Crippen LogP) is 3.98. The van der Waals surface area contributed by atoms with Crippen LogP contribution in [-0.2, 0) is 12.8 Å². The van der Waals surface area contributed by atoms with E-state index in [2.05, 4.69) is 43.0 Å². The number of hydrogen-bond acceptors (Lipinski definition) is 4. The van der Waals surface area contributed by atoms with Crippen molar-refractivity contribution >= 4 is 41.3 Å². The molecule has 0 unspecified atom stereocenters. The van der Waals surface area contributed by atoms with E-state index in [4.69, 9.17) is 9.41 Å². The van der Waals surface area contributed by atoms with Gasteiger partial charge in [0.25, 0.3) is 0 Å². The number of halogens is 1. The summed E-state index contributed by atoms with van der Waals surface area (Å²) in [6, 6.07) is 3.92. The molecule has 0 saturated heterocycles. The van der Waals surface area contributed by atoms with Crippen LogP contribution in [0.25, 0.3) is 0 Å². The Morgan fingerprint density at radius 2 is 2.20 bits per heavy atom. The second kappa shape index (κ2) is 11.5. The highest BCUT2D eigenvalue weighted by Crippen LogP contribution is 2.12. The Kier molecular flexibility index (Phi) is 10.1. The standard InChI is InChI=1S/C18H28N4OS.HI/c1-14(2)12-21-18(19-9-7-16-6-5-11-23-16)22(4)10-8-17-20-13-15(3)24-17;/h5-6,11,13-14H,7-10,12H2,1-4H3,(H,19,21);1H. The van der Waals surface area contributed by atoms with E-state index in [0.29, 0.717) is 5.92 Å². The molecular weight excluding hydrogens is 447 g/mol. The van der Waals surface area contributed by atoms with E-state index in [1.807, 2.05) is 18.3 Å². The molecule has 0 aromatic carbocycles. The highest BCUT2D eigenvalue weighted by molar-refractivity contribution is 14.0. The molecule has 2 aromatic rings. The van der Waals surface area contributed by atoms with E-state index >= 15 is 0 Å². The van der Waals surface area contributed by atoms with Crippen LogP contribution in [0.5, 0.6) is 0 Å². The fraction of sp³-hybridized carbons (Fsp3) is 0.556. The van der Waals surface area contributed by atoms with Crippen molar-refractivity contribution in [1.82, 2.24) is 15.2 Å². The van der Waals surface area contributed by atoms with Gasteiger partial charge < -0.3 is 14.6 Å². The number of furan rings is 1. The Balaban J connectivity index is 0.00000312. The van der Waals surface area contributed by atoms with E-state index in [1.54, 1.807) is 17.6 Å². The average Bonchev–Trinajstić information content (AvgIpc) is 3.19. The summed E-state index contributed by atoms with van der Waals surface area (Å²) in [6.07, 6.45) is 5.45. The van der Waals surface area contributed by atoms with E-state index in [9.17, 15) is 0 Å². The largest absolute Gasteiger partial charge is 0.469 e. The number of aromatic nitrogens is 1. The smallest absolute Gasteiger partial charge is 0.193 e. The van der Waals surface area contributed by atoms with Crippen molar-refractivity contribution in [1.29, 1.82) is 0 Å². The Morgan fingerprint density at radius 1 is 1.40 bits per heavy atom. The lowest BCUT2D eigenvalue weighted by Gasteiger charge is -2.22. The molecule has 0 amide bonds. The molecule has 0 saturated carbocycles. The number of aliphatic imine (C=N–C) groups is 1. The monoisotopic (exact) mass is 476 g/mol. The molecule has 0 aliphatic carbocycles. The number of guanidine groups is 1. The van der Waals surface area contributed by atoms with E-state index in [1.165, 1.54) is 9.88 Å². The minimum Gasteiger partial charge on any atom is -0.469 e. The van der Waals surface area contributed by atoms with Gasteiger partial charge in [-0.3, -0.25) is 4.99 Å². The maximum Gasteiger partial charge on any atom is 0.193 e. The molecule has 25 heavy (non-hydrogen) atoms. The van der Waals surface area contributed by atoms with Gasteiger partial charge in [-0.15, -0.1) is 35.3 Å². The molecule has 0 radical (unpaired) electrons. The van der Waals surface area contributed by atoms with Gasteiger partial charge >= 0.3 is 0 Å². The number of hydrogen-bond donors (Lipinski definition) is 1. The third-order valence-corrected chi connectivity index (χ3v) is 4.51. The zero-order valence-electron chi connectivity index (χ0n) is 15.5. The molecule has 0 atom stereocenters. The highest BCUT2D eigenvalue weighted by atomic mass is 127. The molecule has 2 rings (SSSR count). The van der Waals surface area contributed by atoms with Gasteiger partial charge in [-0.25, -0.2) is 4.98 Å². The van der Waals surface area contributed by atoms with Crippen molar-refractivity contribution in [2.75, 3.05) is 26.7 Å². The third kappa shape index (κ3) is 8.22. The molecule has 0 aliphatic heterocycles. The van der Waals surface area contributed by atoms with Crippen molar-refractivity contribution in [3.8, 4) is 0 Å². The van der Waals surface area contributed by atoms with Crippen molar-refractivity contribution in [3.63, 3.8) is 0 Å². The van der Waals surface area contributed by atoms with Gasteiger partial charge in [0.2, 0.25) is 0 Å². The number of thiazole rings is 1. The minimum atomic E-state index is 0. The summed E-state index contributed by atoms with van der Waals surface area (Å²) in [5, 5.41) is 4.63. The lowest BCUT2D eigenvalue weighted by molar-refractivity contribution is 0.472. The molecule has 5 nitrogen and oxygen atoms in total. The van der Waals surface area contributed by atoms with Crippen molar-refractivity contribution < 1.29 is 4.42 Å². The van der Waals surface area contributed by atoms with Gasteiger partial charge in [0, 0.05) is 50.6 Å². The quantitative estimate of drug-likeness (QED) is 0.356. The first-order chi connectivity index (χ1) is 11.5. The van der Waals surface area contributed by atoms with Gasteiger partial charge in [0.1, 0.15) is 5.76 Å². The zero-order valence-corrected chi connectivity index (χ0v) is 18.6. The summed E-state index contributed by atoms with van der Waals surface area (Å²) in [4.78, 5) is 12.6. The summed E-state index contributed by atoms with van der Waals surface area (Å²) in [6.45, 7) is 8.99. The maximum absolute atomic E-state index is 5.38. The Bertz CT molecular complexity index is 625. The fourth-order valence-electron chi connectivity index (χ4n) is 2.22. The minimum absolute atomic E-state index is 0. The van der Waals surface area contributed by atoms with Crippen LogP contribution in [0, 0.1) is 12.8 Å². The van der Waals surface area contributed by atoms with Crippen LogP contribution < -0.4 is 5.32 Å². The normalized spacial score (nSPS) is 11.5. The second-order valence-electron chi connectivity index (χ2n) is 6.35. The summed E-state index contributed by atoms with van der Waals surface area (Å²) >= 11 is 1.77.